The van der Waals surface area contributed by atoms with Crippen LogP contribution in [-0.2, 0) is 12.8 Å². The van der Waals surface area contributed by atoms with Crippen molar-refractivity contribution < 1.29 is 9.90 Å². The van der Waals surface area contributed by atoms with Gasteiger partial charge in [-0.15, -0.1) is 0 Å². The van der Waals surface area contributed by atoms with Gasteiger partial charge in [0, 0.05) is 46.3 Å². The molecule has 0 aromatic heterocycles. The van der Waals surface area contributed by atoms with E-state index in [2.05, 4.69) is 29.2 Å². The smallest absolute Gasteiger partial charge is 0.319 e. The molecular formula is C17H25N3O2. The Kier molecular flexibility index (Phi) is 4.36. The van der Waals surface area contributed by atoms with Gasteiger partial charge in [-0.25, -0.2) is 4.79 Å². The lowest BCUT2D eigenvalue weighted by atomic mass is 10.1. The van der Waals surface area contributed by atoms with E-state index in [1.165, 1.54) is 11.1 Å². The van der Waals surface area contributed by atoms with E-state index in [0.717, 1.165) is 19.4 Å². The number of carbonyl (C=O) groups excluding carboxylic acids is 1. The van der Waals surface area contributed by atoms with Crippen molar-refractivity contribution in [2.24, 2.45) is 0 Å². The number of amides is 2. The lowest BCUT2D eigenvalue weighted by Crippen LogP contribution is -2.43. The highest BCUT2D eigenvalue weighted by molar-refractivity contribution is 5.73. The van der Waals surface area contributed by atoms with Crippen LogP contribution in [0.5, 0.6) is 0 Å². The maximum absolute atomic E-state index is 12.1. The van der Waals surface area contributed by atoms with Crippen LogP contribution in [0.15, 0.2) is 24.3 Å². The fourth-order valence-corrected chi connectivity index (χ4v) is 3.60. The van der Waals surface area contributed by atoms with Gasteiger partial charge in [0.05, 0.1) is 6.10 Å². The highest BCUT2D eigenvalue weighted by Crippen LogP contribution is 2.26. The van der Waals surface area contributed by atoms with Gasteiger partial charge in [0.1, 0.15) is 0 Å². The summed E-state index contributed by atoms with van der Waals surface area (Å²) in [6.07, 6.45) is 1.62. The molecule has 120 valence electrons. The minimum absolute atomic E-state index is 0.0180. The first-order valence-corrected chi connectivity index (χ1v) is 7.99. The monoisotopic (exact) mass is 303 g/mol. The van der Waals surface area contributed by atoms with Gasteiger partial charge < -0.3 is 14.9 Å². The highest BCUT2D eigenvalue weighted by atomic mass is 16.3. The molecule has 1 atom stereocenters. The molecule has 22 heavy (non-hydrogen) atoms. The number of aliphatic hydroxyl groups is 1. The number of rotatable bonds is 1. The number of nitrogens with zero attached hydrogens (tertiary/aromatic N) is 3. The molecule has 1 saturated heterocycles. The molecule has 0 spiro atoms. The molecule has 0 unspecified atom stereocenters. The summed E-state index contributed by atoms with van der Waals surface area (Å²) >= 11 is 0. The molecule has 2 aliphatic rings. The van der Waals surface area contributed by atoms with Gasteiger partial charge in [-0.1, -0.05) is 24.3 Å². The molecule has 1 aromatic carbocycles. The third-order valence-electron chi connectivity index (χ3n) is 4.73. The molecule has 0 radical (unpaired) electrons. The number of β-amino-alcohol motifs (C(OH)–C–C–N with tert-alkyl or cyclic N) is 1. The van der Waals surface area contributed by atoms with Gasteiger partial charge in [-0.3, -0.25) is 4.90 Å². The third-order valence-corrected chi connectivity index (χ3v) is 4.73. The van der Waals surface area contributed by atoms with Crippen molar-refractivity contribution in [2.75, 3.05) is 40.3 Å². The minimum atomic E-state index is -0.477. The van der Waals surface area contributed by atoms with Crippen molar-refractivity contribution in [1.82, 2.24) is 14.7 Å². The Hall–Kier alpha value is -1.59. The summed E-state index contributed by atoms with van der Waals surface area (Å²) in [4.78, 5) is 17.8. The van der Waals surface area contributed by atoms with Crippen molar-refractivity contribution >= 4 is 6.03 Å². The SMILES string of the molecule is CN(C)C(=O)N1CCN(C2Cc3ccccc3C2)C[C@H](O)C1. The molecule has 0 saturated carbocycles. The van der Waals surface area contributed by atoms with Gasteiger partial charge in [0.25, 0.3) is 0 Å². The van der Waals surface area contributed by atoms with Crippen molar-refractivity contribution in [2.45, 2.75) is 25.0 Å². The van der Waals surface area contributed by atoms with E-state index in [4.69, 9.17) is 0 Å². The summed E-state index contributed by atoms with van der Waals surface area (Å²) in [5, 5.41) is 10.3. The normalized spacial score (nSPS) is 23.2. The van der Waals surface area contributed by atoms with Crippen LogP contribution in [0.25, 0.3) is 0 Å². The van der Waals surface area contributed by atoms with Gasteiger partial charge in [-0.2, -0.15) is 0 Å². The first-order valence-electron chi connectivity index (χ1n) is 7.99. The van der Waals surface area contributed by atoms with Crippen LogP contribution >= 0.6 is 0 Å². The topological polar surface area (TPSA) is 47.0 Å². The van der Waals surface area contributed by atoms with Crippen LogP contribution in [-0.4, -0.2) is 78.3 Å². The molecule has 3 rings (SSSR count). The Morgan fingerprint density at radius 3 is 2.36 bits per heavy atom. The number of fused-ring (bicyclic) bond motifs is 1. The van der Waals surface area contributed by atoms with Crippen LogP contribution in [0.4, 0.5) is 4.79 Å². The lowest BCUT2D eigenvalue weighted by Gasteiger charge is -2.28. The molecule has 0 bridgehead atoms. The average Bonchev–Trinajstić information content (AvgIpc) is 2.83. The first-order chi connectivity index (χ1) is 10.5. The van der Waals surface area contributed by atoms with Crippen LogP contribution in [0.3, 0.4) is 0 Å². The van der Waals surface area contributed by atoms with Crippen molar-refractivity contribution in [3.05, 3.63) is 35.4 Å². The summed E-state index contributed by atoms with van der Waals surface area (Å²) in [6, 6.07) is 9.01. The van der Waals surface area contributed by atoms with Crippen molar-refractivity contribution in [3.8, 4) is 0 Å². The van der Waals surface area contributed by atoms with E-state index in [0.29, 0.717) is 25.7 Å². The van der Waals surface area contributed by atoms with Crippen LogP contribution in [0.1, 0.15) is 11.1 Å². The molecular weight excluding hydrogens is 278 g/mol. The summed E-state index contributed by atoms with van der Waals surface area (Å²) in [5.41, 5.74) is 2.85. The Balaban J connectivity index is 1.66. The molecule has 5 nitrogen and oxygen atoms in total. The lowest BCUT2D eigenvalue weighted by molar-refractivity contribution is 0.0961. The van der Waals surface area contributed by atoms with E-state index < -0.39 is 6.10 Å². The van der Waals surface area contributed by atoms with Gasteiger partial charge in [0.15, 0.2) is 0 Å². The van der Waals surface area contributed by atoms with Crippen molar-refractivity contribution in [3.63, 3.8) is 0 Å². The average molecular weight is 303 g/mol. The molecule has 5 heteroatoms. The number of hydrogen-bond acceptors (Lipinski definition) is 3. The Morgan fingerprint density at radius 2 is 1.77 bits per heavy atom. The van der Waals surface area contributed by atoms with Crippen molar-refractivity contribution in [1.29, 1.82) is 0 Å². The molecule has 1 aliphatic heterocycles. The fourth-order valence-electron chi connectivity index (χ4n) is 3.60. The summed E-state index contributed by atoms with van der Waals surface area (Å²) in [5.74, 6) is 0. The second-order valence-corrected chi connectivity index (χ2v) is 6.60. The standard InChI is InChI=1S/C17H25N3O2/c1-18(2)17(22)20-8-7-19(11-16(21)12-20)15-9-13-5-3-4-6-14(13)10-15/h3-6,15-16,21H,7-12H2,1-2H3/t16-/m0/s1. The fraction of sp³-hybridized carbons (Fsp3) is 0.588. The number of aliphatic hydroxyl groups excluding tert-OH is 1. The molecule has 1 fully saturated rings. The number of hydrogen-bond donors (Lipinski definition) is 1. The van der Waals surface area contributed by atoms with E-state index in [1.807, 2.05) is 0 Å². The number of urea groups is 1. The Bertz CT molecular complexity index is 521. The second kappa shape index (κ2) is 6.26. The number of benzene rings is 1. The zero-order valence-electron chi connectivity index (χ0n) is 13.4. The molecule has 1 N–H and O–H groups in total. The maximum Gasteiger partial charge on any atom is 0.319 e. The third kappa shape index (κ3) is 3.10. The summed E-state index contributed by atoms with van der Waals surface area (Å²) < 4.78 is 0. The predicted octanol–water partition coefficient (Wildman–Crippen LogP) is 0.814. The van der Waals surface area contributed by atoms with Crippen LogP contribution in [0, 0.1) is 0 Å². The zero-order valence-corrected chi connectivity index (χ0v) is 13.4. The van der Waals surface area contributed by atoms with Gasteiger partial charge >= 0.3 is 6.03 Å². The minimum Gasteiger partial charge on any atom is -0.390 e. The van der Waals surface area contributed by atoms with E-state index in [9.17, 15) is 9.90 Å². The van der Waals surface area contributed by atoms with E-state index >= 15 is 0 Å². The molecule has 1 aromatic rings. The molecule has 1 aliphatic carbocycles. The Morgan fingerprint density at radius 1 is 1.14 bits per heavy atom. The quantitative estimate of drug-likeness (QED) is 0.835. The number of carbonyl (C=O) groups is 1. The van der Waals surface area contributed by atoms with E-state index in [-0.39, 0.29) is 6.03 Å². The van der Waals surface area contributed by atoms with Gasteiger partial charge in [0.2, 0.25) is 0 Å². The van der Waals surface area contributed by atoms with E-state index in [1.54, 1.807) is 23.9 Å². The molecule has 2 amide bonds. The first kappa shape index (κ1) is 15.3. The Labute approximate surface area is 132 Å². The predicted molar refractivity (Wildman–Crippen MR) is 85.9 cm³/mol. The second-order valence-electron chi connectivity index (χ2n) is 6.60. The largest absolute Gasteiger partial charge is 0.390 e. The maximum atomic E-state index is 12.1. The zero-order chi connectivity index (χ0) is 15.7. The van der Waals surface area contributed by atoms with Crippen LogP contribution in [0.2, 0.25) is 0 Å². The summed E-state index contributed by atoms with van der Waals surface area (Å²) in [6.45, 7) is 2.58. The molecule has 1 heterocycles. The van der Waals surface area contributed by atoms with Gasteiger partial charge in [-0.05, 0) is 24.0 Å². The summed E-state index contributed by atoms with van der Waals surface area (Å²) in [7, 11) is 3.51. The highest BCUT2D eigenvalue weighted by Gasteiger charge is 2.31. The van der Waals surface area contributed by atoms with Crippen LogP contribution < -0.4 is 0 Å².